The number of aliphatic hydroxyl groups is 1. The molecule has 0 unspecified atom stereocenters. The molecule has 4 rings (SSSR count). The van der Waals surface area contributed by atoms with Crippen LogP contribution in [0.2, 0.25) is 0 Å². The molecule has 2 aliphatic heterocycles. The van der Waals surface area contributed by atoms with Gasteiger partial charge in [-0.2, -0.15) is 0 Å². The van der Waals surface area contributed by atoms with Gasteiger partial charge in [0.1, 0.15) is 11.7 Å². The van der Waals surface area contributed by atoms with Crippen molar-refractivity contribution in [1.29, 1.82) is 0 Å². The Bertz CT molecular complexity index is 770. The number of ether oxygens (including phenoxy) is 2. The van der Waals surface area contributed by atoms with E-state index in [1.807, 2.05) is 6.92 Å². The highest BCUT2D eigenvalue weighted by Crippen LogP contribution is 2.58. The molecule has 0 radical (unpaired) electrons. The van der Waals surface area contributed by atoms with E-state index in [0.29, 0.717) is 24.2 Å². The minimum absolute atomic E-state index is 0.0521. The average molecular weight is 417 g/mol. The van der Waals surface area contributed by atoms with Gasteiger partial charge in [0.2, 0.25) is 0 Å². The lowest BCUT2D eigenvalue weighted by atomic mass is 9.57. The summed E-state index contributed by atoms with van der Waals surface area (Å²) in [6.07, 6.45) is 10.7. The first-order valence-electron chi connectivity index (χ1n) is 11.7. The first-order chi connectivity index (χ1) is 14.2. The third-order valence-electron chi connectivity index (χ3n) is 8.08. The number of cyclic esters (lactones) is 1. The van der Waals surface area contributed by atoms with Crippen LogP contribution >= 0.6 is 0 Å². The second kappa shape index (κ2) is 7.81. The van der Waals surface area contributed by atoms with Crippen LogP contribution in [-0.2, 0) is 19.1 Å². The third kappa shape index (κ3) is 3.74. The number of allylic oxidation sites excluding steroid dienone is 3. The number of hydrogen-bond acceptors (Lipinski definition) is 5. The topological polar surface area (TPSA) is 72.8 Å². The molecule has 2 saturated heterocycles. The van der Waals surface area contributed by atoms with E-state index in [1.54, 1.807) is 0 Å². The summed E-state index contributed by atoms with van der Waals surface area (Å²) in [7, 11) is 0. The van der Waals surface area contributed by atoms with Crippen LogP contribution in [0.15, 0.2) is 23.8 Å². The van der Waals surface area contributed by atoms with Crippen molar-refractivity contribution in [2.75, 3.05) is 0 Å². The van der Waals surface area contributed by atoms with Crippen molar-refractivity contribution in [2.24, 2.45) is 29.1 Å². The van der Waals surface area contributed by atoms with Crippen LogP contribution in [-0.4, -0.2) is 34.9 Å². The first kappa shape index (κ1) is 21.6. The fraction of sp³-hybridized carbons (Fsp3) is 0.760. The minimum atomic E-state index is -0.599. The third-order valence-corrected chi connectivity index (χ3v) is 8.08. The quantitative estimate of drug-likeness (QED) is 0.690. The number of carbonyl (C=O) groups is 2. The first-order valence-corrected chi connectivity index (χ1v) is 11.7. The molecule has 8 atom stereocenters. The van der Waals surface area contributed by atoms with E-state index >= 15 is 0 Å². The lowest BCUT2D eigenvalue weighted by Crippen LogP contribution is -2.49. The second-order valence-corrected chi connectivity index (χ2v) is 10.5. The molecule has 166 valence electrons. The van der Waals surface area contributed by atoms with Crippen molar-refractivity contribution in [2.45, 2.75) is 90.4 Å². The summed E-state index contributed by atoms with van der Waals surface area (Å²) >= 11 is 0. The highest BCUT2D eigenvalue weighted by atomic mass is 16.6. The summed E-state index contributed by atoms with van der Waals surface area (Å²) in [4.78, 5) is 24.7. The molecule has 5 nitrogen and oxygen atoms in total. The lowest BCUT2D eigenvalue weighted by Gasteiger charge is -2.49. The van der Waals surface area contributed by atoms with E-state index in [4.69, 9.17) is 9.47 Å². The van der Waals surface area contributed by atoms with Gasteiger partial charge >= 0.3 is 11.9 Å². The summed E-state index contributed by atoms with van der Waals surface area (Å²) in [6.45, 7) is 8.57. The average Bonchev–Trinajstić information content (AvgIpc) is 2.91. The molecule has 2 fully saturated rings. The number of aliphatic hydroxyl groups excluding tert-OH is 1. The zero-order valence-electron chi connectivity index (χ0n) is 18.7. The highest BCUT2D eigenvalue weighted by Gasteiger charge is 2.60. The van der Waals surface area contributed by atoms with Crippen LogP contribution in [0, 0.1) is 29.1 Å². The normalized spacial score (nSPS) is 45.7. The van der Waals surface area contributed by atoms with Crippen molar-refractivity contribution in [3.05, 3.63) is 23.8 Å². The Morgan fingerprint density at radius 3 is 2.67 bits per heavy atom. The summed E-state index contributed by atoms with van der Waals surface area (Å²) in [5, 5.41) is 9.96. The van der Waals surface area contributed by atoms with Gasteiger partial charge in [0, 0.05) is 18.8 Å². The van der Waals surface area contributed by atoms with Gasteiger partial charge in [-0.1, -0.05) is 39.0 Å². The molecule has 2 aliphatic carbocycles. The van der Waals surface area contributed by atoms with E-state index in [2.05, 4.69) is 39.0 Å². The molecule has 4 aliphatic rings. The molecule has 0 aromatic rings. The molecule has 0 aromatic heterocycles. The molecular weight excluding hydrogens is 380 g/mol. The Morgan fingerprint density at radius 2 is 2.00 bits per heavy atom. The largest absolute Gasteiger partial charge is 0.462 e. The van der Waals surface area contributed by atoms with Crippen LogP contribution in [0.4, 0.5) is 0 Å². The van der Waals surface area contributed by atoms with Crippen LogP contribution in [0.5, 0.6) is 0 Å². The maximum absolute atomic E-state index is 12.9. The second-order valence-electron chi connectivity index (χ2n) is 10.5. The van der Waals surface area contributed by atoms with Crippen LogP contribution in [0.25, 0.3) is 0 Å². The van der Waals surface area contributed by atoms with Gasteiger partial charge in [-0.3, -0.25) is 9.59 Å². The monoisotopic (exact) mass is 416 g/mol. The summed E-state index contributed by atoms with van der Waals surface area (Å²) < 4.78 is 11.8. The fourth-order valence-electron chi connectivity index (χ4n) is 6.45. The maximum atomic E-state index is 12.9. The smallest absolute Gasteiger partial charge is 0.312 e. The molecule has 0 bridgehead atoms. The van der Waals surface area contributed by atoms with Gasteiger partial charge in [0.15, 0.2) is 0 Å². The number of carbonyl (C=O) groups excluding carboxylic acids is 2. The SMILES string of the molecule is CC[C@]1(C)C[C@@]2(C[C@@H](C)C=C3C=C[C@H](C)[C@H](CC[C@@H]4C[C@@H](O)CC(=O)O4)[C@H]32)OC1=O. The van der Waals surface area contributed by atoms with Gasteiger partial charge in [-0.25, -0.2) is 0 Å². The van der Waals surface area contributed by atoms with Crippen LogP contribution < -0.4 is 0 Å². The predicted octanol–water partition coefficient (Wildman–Crippen LogP) is 4.34. The molecule has 0 aromatic carbocycles. The highest BCUT2D eigenvalue weighted by molar-refractivity contribution is 5.79. The number of fused-ring (bicyclic) bond motifs is 2. The number of rotatable bonds is 4. The standard InChI is InChI=1S/C25H36O5/c1-5-24(4)14-25(30-23(24)28)13-15(2)10-17-7-6-16(3)20(22(17)25)9-8-19-11-18(26)12-21(27)29-19/h6-7,10,15-16,18-20,22,26H,5,8-9,11-14H2,1-4H3/t15-,16-,18+,19+,20-,22-,24+,25+/m0/s1. The lowest BCUT2D eigenvalue weighted by molar-refractivity contribution is -0.163. The molecular formula is C25H36O5. The van der Waals surface area contributed by atoms with E-state index in [0.717, 1.165) is 32.1 Å². The van der Waals surface area contributed by atoms with Gasteiger partial charge < -0.3 is 14.6 Å². The van der Waals surface area contributed by atoms with Crippen molar-refractivity contribution in [3.63, 3.8) is 0 Å². The van der Waals surface area contributed by atoms with Crippen molar-refractivity contribution in [3.8, 4) is 0 Å². The number of esters is 2. The zero-order valence-corrected chi connectivity index (χ0v) is 18.7. The fourth-order valence-corrected chi connectivity index (χ4v) is 6.45. The molecule has 2 heterocycles. The molecule has 30 heavy (non-hydrogen) atoms. The number of hydrogen-bond donors (Lipinski definition) is 1. The summed E-state index contributed by atoms with van der Waals surface area (Å²) in [5.41, 5.74) is 0.434. The minimum Gasteiger partial charge on any atom is -0.462 e. The van der Waals surface area contributed by atoms with Crippen molar-refractivity contribution < 1.29 is 24.2 Å². The zero-order chi connectivity index (χ0) is 21.7. The van der Waals surface area contributed by atoms with Crippen LogP contribution in [0.1, 0.15) is 72.6 Å². The molecule has 1 spiro atoms. The van der Waals surface area contributed by atoms with E-state index in [-0.39, 0.29) is 30.4 Å². The Hall–Kier alpha value is -1.62. The van der Waals surface area contributed by atoms with Crippen molar-refractivity contribution >= 4 is 11.9 Å². The Labute approximate surface area is 179 Å². The molecule has 1 N–H and O–H groups in total. The predicted molar refractivity (Wildman–Crippen MR) is 113 cm³/mol. The van der Waals surface area contributed by atoms with Gasteiger partial charge in [-0.05, 0) is 55.9 Å². The summed E-state index contributed by atoms with van der Waals surface area (Å²) in [5.74, 6) is 0.866. The Morgan fingerprint density at radius 1 is 1.23 bits per heavy atom. The van der Waals surface area contributed by atoms with Gasteiger partial charge in [0.25, 0.3) is 0 Å². The van der Waals surface area contributed by atoms with Gasteiger partial charge in [-0.15, -0.1) is 0 Å². The Kier molecular flexibility index (Phi) is 5.63. The molecule has 5 heteroatoms. The van der Waals surface area contributed by atoms with E-state index < -0.39 is 17.1 Å². The van der Waals surface area contributed by atoms with Crippen molar-refractivity contribution in [1.82, 2.24) is 0 Å². The Balaban J connectivity index is 1.60. The van der Waals surface area contributed by atoms with E-state index in [1.165, 1.54) is 5.57 Å². The van der Waals surface area contributed by atoms with Crippen LogP contribution in [0.3, 0.4) is 0 Å². The molecule has 0 saturated carbocycles. The molecule has 0 amide bonds. The van der Waals surface area contributed by atoms with E-state index in [9.17, 15) is 14.7 Å². The summed E-state index contributed by atoms with van der Waals surface area (Å²) in [6, 6.07) is 0. The maximum Gasteiger partial charge on any atom is 0.312 e. The van der Waals surface area contributed by atoms with Gasteiger partial charge in [0.05, 0.1) is 17.9 Å².